The minimum absolute atomic E-state index is 0.135. The summed E-state index contributed by atoms with van der Waals surface area (Å²) in [5.41, 5.74) is 6.78. The van der Waals surface area contributed by atoms with Crippen molar-refractivity contribution in [3.63, 3.8) is 0 Å². The molecule has 0 bridgehead atoms. The third-order valence-electron chi connectivity index (χ3n) is 7.75. The summed E-state index contributed by atoms with van der Waals surface area (Å²) in [7, 11) is 0. The van der Waals surface area contributed by atoms with Crippen LogP contribution in [0.3, 0.4) is 0 Å². The molecule has 1 aromatic heterocycles. The van der Waals surface area contributed by atoms with Gasteiger partial charge in [0.15, 0.2) is 0 Å². The van der Waals surface area contributed by atoms with Crippen LogP contribution in [0.2, 0.25) is 0 Å². The number of fused-ring (bicyclic) bond motifs is 3. The first-order chi connectivity index (χ1) is 15.7. The Morgan fingerprint density at radius 3 is 2.64 bits per heavy atom. The highest BCUT2D eigenvalue weighted by molar-refractivity contribution is 5.87. The normalized spacial score (nSPS) is 18.6. The van der Waals surface area contributed by atoms with Gasteiger partial charge >= 0.3 is 0 Å². The van der Waals surface area contributed by atoms with E-state index < -0.39 is 0 Å². The monoisotopic (exact) mass is 443 g/mol. The Morgan fingerprint density at radius 2 is 1.88 bits per heavy atom. The molecule has 1 spiro atoms. The van der Waals surface area contributed by atoms with Crippen LogP contribution in [0.4, 0.5) is 0 Å². The zero-order chi connectivity index (χ0) is 23.2. The molecule has 33 heavy (non-hydrogen) atoms. The lowest BCUT2D eigenvalue weighted by atomic mass is 9.73. The van der Waals surface area contributed by atoms with Crippen molar-refractivity contribution in [2.24, 2.45) is 0 Å². The number of H-pyrrole nitrogens is 1. The molecule has 2 heterocycles. The molecular formula is C29H37N3O. The third kappa shape index (κ3) is 4.33. The molecule has 1 aliphatic carbocycles. The highest BCUT2D eigenvalue weighted by atomic mass is 16.2. The summed E-state index contributed by atoms with van der Waals surface area (Å²) >= 11 is 0. The number of aromatic amines is 1. The molecule has 0 saturated carbocycles. The molecule has 4 nitrogen and oxygen atoms in total. The summed E-state index contributed by atoms with van der Waals surface area (Å²) in [6.45, 7) is 10.3. The molecular weight excluding hydrogens is 406 g/mol. The number of carbonyl (C=O) groups excluding carboxylic acids is 1. The van der Waals surface area contributed by atoms with E-state index in [1.54, 1.807) is 0 Å². The summed E-state index contributed by atoms with van der Waals surface area (Å²) in [5.74, 6) is 0.244. The number of amides is 1. The molecule has 5 rings (SSSR count). The van der Waals surface area contributed by atoms with Crippen molar-refractivity contribution in [3.8, 4) is 0 Å². The predicted octanol–water partition coefficient (Wildman–Crippen LogP) is 5.28. The van der Waals surface area contributed by atoms with E-state index >= 15 is 0 Å². The van der Waals surface area contributed by atoms with Crippen LogP contribution in [0.25, 0.3) is 10.9 Å². The third-order valence-corrected chi connectivity index (χ3v) is 7.75. The molecule has 3 aromatic rings. The minimum Gasteiger partial charge on any atom is -0.361 e. The summed E-state index contributed by atoms with van der Waals surface area (Å²) in [5, 5.41) is 4.87. The molecule has 2 aromatic carbocycles. The van der Waals surface area contributed by atoms with Crippen molar-refractivity contribution >= 4 is 16.8 Å². The number of hydrogen-bond acceptors (Lipinski definition) is 2. The van der Waals surface area contributed by atoms with Crippen molar-refractivity contribution in [2.75, 3.05) is 13.1 Å². The molecule has 174 valence electrons. The molecule has 2 N–H and O–H groups in total. The quantitative estimate of drug-likeness (QED) is 0.576. The topological polar surface area (TPSA) is 48.1 Å². The van der Waals surface area contributed by atoms with Gasteiger partial charge in [0.2, 0.25) is 5.91 Å². The van der Waals surface area contributed by atoms with E-state index in [2.05, 4.69) is 91.6 Å². The van der Waals surface area contributed by atoms with Gasteiger partial charge in [-0.3, -0.25) is 4.79 Å². The Bertz CT molecular complexity index is 1160. The number of likely N-dealkylation sites (tertiary alicyclic amines) is 1. The van der Waals surface area contributed by atoms with Gasteiger partial charge in [-0.05, 0) is 94.0 Å². The van der Waals surface area contributed by atoms with E-state index in [1.807, 2.05) is 0 Å². The molecule has 1 amide bonds. The molecule has 1 aliphatic heterocycles. The molecule has 1 fully saturated rings. The van der Waals surface area contributed by atoms with Crippen LogP contribution in [0, 0.1) is 6.92 Å². The molecule has 1 atom stereocenters. The number of nitrogens with one attached hydrogen (secondary N) is 2. The van der Waals surface area contributed by atoms with Crippen molar-refractivity contribution < 1.29 is 4.79 Å². The maximum atomic E-state index is 13.8. The second-order valence-corrected chi connectivity index (χ2v) is 11.3. The zero-order valence-corrected chi connectivity index (χ0v) is 20.5. The van der Waals surface area contributed by atoms with Gasteiger partial charge in [-0.2, -0.15) is 0 Å². The number of carbonyl (C=O) groups is 1. The van der Waals surface area contributed by atoms with E-state index in [4.69, 9.17) is 0 Å². The number of hydrogen-bond donors (Lipinski definition) is 2. The molecule has 4 heteroatoms. The number of nitrogens with zero attached hydrogens (tertiary/aromatic N) is 1. The lowest BCUT2D eigenvalue weighted by Gasteiger charge is -2.42. The van der Waals surface area contributed by atoms with Gasteiger partial charge in [0, 0.05) is 35.7 Å². The number of piperidine rings is 1. The van der Waals surface area contributed by atoms with Gasteiger partial charge < -0.3 is 15.2 Å². The van der Waals surface area contributed by atoms with Gasteiger partial charge in [-0.1, -0.05) is 35.9 Å². The Kier molecular flexibility index (Phi) is 5.60. The van der Waals surface area contributed by atoms with E-state index in [1.165, 1.54) is 40.5 Å². The first-order valence-electron chi connectivity index (χ1n) is 12.5. The van der Waals surface area contributed by atoms with Crippen molar-refractivity contribution in [3.05, 3.63) is 70.9 Å². The van der Waals surface area contributed by atoms with Crippen LogP contribution in [-0.2, 0) is 23.1 Å². The SMILES string of the molecule is Cc1ccc2[nH]cc(CC(NC(C)(C)C)C(=O)N3CCC4(CCc5ccccc54)CC3)c2c1. The summed E-state index contributed by atoms with van der Waals surface area (Å²) < 4.78 is 0. The van der Waals surface area contributed by atoms with Crippen molar-refractivity contribution in [2.45, 2.75) is 76.8 Å². The van der Waals surface area contributed by atoms with E-state index in [-0.39, 0.29) is 22.9 Å². The van der Waals surface area contributed by atoms with Crippen molar-refractivity contribution in [1.29, 1.82) is 0 Å². The van der Waals surface area contributed by atoms with E-state index in [0.29, 0.717) is 6.42 Å². The highest BCUT2D eigenvalue weighted by Gasteiger charge is 2.42. The van der Waals surface area contributed by atoms with Crippen LogP contribution in [0.5, 0.6) is 0 Å². The molecule has 2 aliphatic rings. The van der Waals surface area contributed by atoms with Crippen LogP contribution < -0.4 is 5.32 Å². The number of aryl methyl sites for hydroxylation is 2. The number of aromatic nitrogens is 1. The lowest BCUT2D eigenvalue weighted by Crippen LogP contribution is -2.56. The smallest absolute Gasteiger partial charge is 0.240 e. The zero-order valence-electron chi connectivity index (χ0n) is 20.5. The first-order valence-corrected chi connectivity index (χ1v) is 12.5. The Balaban J connectivity index is 1.34. The van der Waals surface area contributed by atoms with Gasteiger partial charge in [0.25, 0.3) is 0 Å². The van der Waals surface area contributed by atoms with Crippen LogP contribution in [-0.4, -0.2) is 40.5 Å². The Hall–Kier alpha value is -2.59. The van der Waals surface area contributed by atoms with Gasteiger partial charge in [-0.25, -0.2) is 0 Å². The second-order valence-electron chi connectivity index (χ2n) is 11.3. The van der Waals surface area contributed by atoms with E-state index in [0.717, 1.165) is 31.4 Å². The molecule has 1 saturated heterocycles. The Morgan fingerprint density at radius 1 is 1.12 bits per heavy atom. The van der Waals surface area contributed by atoms with Crippen LogP contribution >= 0.6 is 0 Å². The number of rotatable bonds is 4. The van der Waals surface area contributed by atoms with Crippen LogP contribution in [0.15, 0.2) is 48.7 Å². The fraction of sp³-hybridized carbons (Fsp3) is 0.483. The fourth-order valence-corrected chi connectivity index (χ4v) is 6.06. The summed E-state index contributed by atoms with van der Waals surface area (Å²) in [6.07, 6.45) is 7.33. The highest BCUT2D eigenvalue weighted by Crippen LogP contribution is 2.46. The van der Waals surface area contributed by atoms with Gasteiger partial charge in [0.1, 0.15) is 0 Å². The molecule has 1 unspecified atom stereocenters. The van der Waals surface area contributed by atoms with Crippen molar-refractivity contribution in [1.82, 2.24) is 15.2 Å². The first kappa shape index (κ1) is 22.2. The Labute approximate surface area is 197 Å². The standard InChI is InChI=1S/C29H37N3O/c1-20-9-10-25-23(17-20)22(19-30-25)18-26(31-28(2,3)4)27(33)32-15-13-29(14-16-32)12-11-21-7-5-6-8-24(21)29/h5-10,17,19,26,30-31H,11-16,18H2,1-4H3. The predicted molar refractivity (Wildman–Crippen MR) is 136 cm³/mol. The maximum absolute atomic E-state index is 13.8. The average Bonchev–Trinajstić information content (AvgIpc) is 3.34. The fourth-order valence-electron chi connectivity index (χ4n) is 6.06. The second kappa shape index (κ2) is 8.32. The minimum atomic E-state index is -0.227. The summed E-state index contributed by atoms with van der Waals surface area (Å²) in [4.78, 5) is 19.3. The molecule has 0 radical (unpaired) electrons. The lowest BCUT2D eigenvalue weighted by molar-refractivity contribution is -0.135. The van der Waals surface area contributed by atoms with Gasteiger partial charge in [0.05, 0.1) is 6.04 Å². The number of benzene rings is 2. The average molecular weight is 444 g/mol. The summed E-state index contributed by atoms with van der Waals surface area (Å²) in [6, 6.07) is 15.2. The largest absolute Gasteiger partial charge is 0.361 e. The maximum Gasteiger partial charge on any atom is 0.240 e. The van der Waals surface area contributed by atoms with Crippen LogP contribution in [0.1, 0.15) is 62.3 Å². The van der Waals surface area contributed by atoms with E-state index in [9.17, 15) is 4.79 Å². The van der Waals surface area contributed by atoms with Gasteiger partial charge in [-0.15, -0.1) is 0 Å².